The number of nitro groups is 1. The zero-order valence-electron chi connectivity index (χ0n) is 16.4. The van der Waals surface area contributed by atoms with Gasteiger partial charge in [-0.1, -0.05) is 41.4 Å². The summed E-state index contributed by atoms with van der Waals surface area (Å²) in [7, 11) is 1.51. The Morgan fingerprint density at radius 3 is 2.43 bits per heavy atom. The molecule has 0 saturated carbocycles. The number of benzene rings is 2. The number of thioether (sulfide) groups is 1. The molecule has 2 aromatic rings. The molecule has 2 aromatic carbocycles. The fourth-order valence-electron chi connectivity index (χ4n) is 2.68. The summed E-state index contributed by atoms with van der Waals surface area (Å²) in [5, 5.41) is 14.2. The summed E-state index contributed by atoms with van der Waals surface area (Å²) < 4.78 is 0. The molecule has 2 rings (SSSR count). The van der Waals surface area contributed by atoms with Crippen LogP contribution in [0, 0.1) is 10.1 Å². The zero-order chi connectivity index (χ0) is 22.3. The van der Waals surface area contributed by atoms with Gasteiger partial charge < -0.3 is 10.2 Å². The van der Waals surface area contributed by atoms with E-state index in [9.17, 15) is 19.7 Å². The number of carbonyl (C=O) groups excluding carboxylic acids is 2. The van der Waals surface area contributed by atoms with Gasteiger partial charge in [0.1, 0.15) is 6.04 Å². The van der Waals surface area contributed by atoms with Crippen molar-refractivity contribution in [1.82, 2.24) is 10.2 Å². The predicted molar refractivity (Wildman–Crippen MR) is 120 cm³/mol. The summed E-state index contributed by atoms with van der Waals surface area (Å²) in [5.41, 5.74) is 1.57. The van der Waals surface area contributed by atoms with Gasteiger partial charge in [-0.25, -0.2) is 0 Å². The lowest BCUT2D eigenvalue weighted by Crippen LogP contribution is -2.47. The molecule has 0 unspecified atom stereocenters. The van der Waals surface area contributed by atoms with Gasteiger partial charge in [0.05, 0.1) is 10.7 Å². The van der Waals surface area contributed by atoms with Crippen LogP contribution in [0.4, 0.5) is 5.69 Å². The van der Waals surface area contributed by atoms with Gasteiger partial charge in [-0.15, -0.1) is 11.8 Å². The minimum absolute atomic E-state index is 0.0187. The standard InChI is InChI=1S/C20H21Cl2N3O4S/c1-13(20(27)23-2)24(10-15-5-6-16(21)9-18(15)22)19(26)12-30-11-14-3-7-17(8-4-14)25(28)29/h3-9,13H,10-12H2,1-2H3,(H,23,27)/t13-/m0/s1. The van der Waals surface area contributed by atoms with Crippen LogP contribution in [0.2, 0.25) is 10.0 Å². The number of amides is 2. The average molecular weight is 470 g/mol. The minimum Gasteiger partial charge on any atom is -0.357 e. The second kappa shape index (κ2) is 11.2. The number of nitrogens with zero attached hydrogens (tertiary/aromatic N) is 2. The van der Waals surface area contributed by atoms with Crippen molar-refractivity contribution < 1.29 is 14.5 Å². The topological polar surface area (TPSA) is 92.6 Å². The first kappa shape index (κ1) is 24.0. The summed E-state index contributed by atoms with van der Waals surface area (Å²) in [6.45, 7) is 1.82. The van der Waals surface area contributed by atoms with Crippen molar-refractivity contribution in [3.05, 3.63) is 73.8 Å². The van der Waals surface area contributed by atoms with E-state index in [2.05, 4.69) is 5.32 Å². The van der Waals surface area contributed by atoms with E-state index in [0.717, 1.165) is 5.56 Å². The third-order valence-corrected chi connectivity index (χ3v) is 5.99. The van der Waals surface area contributed by atoms with Crippen LogP contribution < -0.4 is 5.32 Å². The Bertz CT molecular complexity index is 925. The number of nitrogens with one attached hydrogen (secondary N) is 1. The molecule has 0 spiro atoms. The van der Waals surface area contributed by atoms with Crippen LogP contribution in [0.15, 0.2) is 42.5 Å². The maximum atomic E-state index is 12.9. The largest absolute Gasteiger partial charge is 0.357 e. The second-order valence-electron chi connectivity index (χ2n) is 6.46. The quantitative estimate of drug-likeness (QED) is 0.436. The van der Waals surface area contributed by atoms with Gasteiger partial charge in [-0.2, -0.15) is 0 Å². The first-order chi connectivity index (χ1) is 14.2. The lowest BCUT2D eigenvalue weighted by atomic mass is 10.1. The fourth-order valence-corrected chi connectivity index (χ4v) is 4.02. The van der Waals surface area contributed by atoms with E-state index in [4.69, 9.17) is 23.2 Å². The van der Waals surface area contributed by atoms with Crippen LogP contribution in [-0.2, 0) is 21.9 Å². The molecule has 0 aliphatic heterocycles. The molecule has 0 radical (unpaired) electrons. The molecule has 160 valence electrons. The first-order valence-electron chi connectivity index (χ1n) is 8.99. The molecule has 1 atom stereocenters. The predicted octanol–water partition coefficient (Wildman–Crippen LogP) is 4.30. The number of hydrogen-bond acceptors (Lipinski definition) is 5. The molecule has 30 heavy (non-hydrogen) atoms. The fraction of sp³-hybridized carbons (Fsp3) is 0.300. The number of hydrogen-bond donors (Lipinski definition) is 1. The first-order valence-corrected chi connectivity index (χ1v) is 10.9. The highest BCUT2D eigenvalue weighted by Gasteiger charge is 2.26. The number of halogens is 2. The SMILES string of the molecule is CNC(=O)[C@H](C)N(Cc1ccc(Cl)cc1Cl)C(=O)CSCc1ccc([N+](=O)[O-])cc1. The average Bonchev–Trinajstić information content (AvgIpc) is 2.72. The Labute approximate surface area is 188 Å². The van der Waals surface area contributed by atoms with E-state index in [0.29, 0.717) is 21.4 Å². The van der Waals surface area contributed by atoms with E-state index in [1.54, 1.807) is 37.3 Å². The second-order valence-corrected chi connectivity index (χ2v) is 8.29. The maximum absolute atomic E-state index is 12.9. The van der Waals surface area contributed by atoms with Crippen molar-refractivity contribution in [2.45, 2.75) is 25.3 Å². The smallest absolute Gasteiger partial charge is 0.269 e. The van der Waals surface area contributed by atoms with Gasteiger partial charge in [-0.05, 0) is 30.2 Å². The summed E-state index contributed by atoms with van der Waals surface area (Å²) in [6, 6.07) is 10.5. The lowest BCUT2D eigenvalue weighted by molar-refractivity contribution is -0.384. The van der Waals surface area contributed by atoms with Crippen LogP contribution in [0.1, 0.15) is 18.1 Å². The number of carbonyl (C=O) groups is 2. The maximum Gasteiger partial charge on any atom is 0.269 e. The highest BCUT2D eigenvalue weighted by Crippen LogP contribution is 2.24. The molecule has 0 fully saturated rings. The molecule has 0 heterocycles. The Morgan fingerprint density at radius 2 is 1.87 bits per heavy atom. The van der Waals surface area contributed by atoms with Crippen LogP contribution in [0.5, 0.6) is 0 Å². The van der Waals surface area contributed by atoms with Crippen molar-refractivity contribution >= 4 is 52.5 Å². The summed E-state index contributed by atoms with van der Waals surface area (Å²) >= 11 is 13.5. The van der Waals surface area contributed by atoms with Gasteiger partial charge in [0, 0.05) is 41.5 Å². The van der Waals surface area contributed by atoms with E-state index in [1.165, 1.54) is 35.8 Å². The summed E-state index contributed by atoms with van der Waals surface area (Å²) in [4.78, 5) is 36.8. The highest BCUT2D eigenvalue weighted by atomic mass is 35.5. The number of likely N-dealkylation sites (N-methyl/N-ethyl adjacent to an activating group) is 1. The van der Waals surface area contributed by atoms with Crippen molar-refractivity contribution in [3.8, 4) is 0 Å². The monoisotopic (exact) mass is 469 g/mol. The molecular formula is C20H21Cl2N3O4S. The Balaban J connectivity index is 2.06. The molecule has 0 aliphatic rings. The van der Waals surface area contributed by atoms with Gasteiger partial charge >= 0.3 is 0 Å². The normalized spacial score (nSPS) is 11.6. The number of rotatable bonds is 9. The molecule has 7 nitrogen and oxygen atoms in total. The van der Waals surface area contributed by atoms with Gasteiger partial charge in [-0.3, -0.25) is 19.7 Å². The van der Waals surface area contributed by atoms with Crippen molar-refractivity contribution in [1.29, 1.82) is 0 Å². The Morgan fingerprint density at radius 1 is 1.20 bits per heavy atom. The molecular weight excluding hydrogens is 449 g/mol. The van der Waals surface area contributed by atoms with E-state index >= 15 is 0 Å². The third-order valence-electron chi connectivity index (χ3n) is 4.41. The molecule has 1 N–H and O–H groups in total. The number of nitro benzene ring substituents is 1. The van der Waals surface area contributed by atoms with Crippen molar-refractivity contribution in [2.75, 3.05) is 12.8 Å². The van der Waals surface area contributed by atoms with Crippen molar-refractivity contribution in [3.63, 3.8) is 0 Å². The van der Waals surface area contributed by atoms with Crippen LogP contribution in [0.3, 0.4) is 0 Å². The van der Waals surface area contributed by atoms with Gasteiger partial charge in [0.15, 0.2) is 0 Å². The molecule has 0 aliphatic carbocycles. The molecule has 0 bridgehead atoms. The van der Waals surface area contributed by atoms with Crippen molar-refractivity contribution in [2.24, 2.45) is 0 Å². The van der Waals surface area contributed by atoms with Crippen LogP contribution in [-0.4, -0.2) is 40.5 Å². The zero-order valence-corrected chi connectivity index (χ0v) is 18.8. The molecule has 2 amide bonds. The molecule has 0 saturated heterocycles. The van der Waals surface area contributed by atoms with Gasteiger partial charge in [0.25, 0.3) is 5.69 Å². The van der Waals surface area contributed by atoms with E-state index in [-0.39, 0.29) is 29.8 Å². The third kappa shape index (κ3) is 6.62. The minimum atomic E-state index is -0.686. The van der Waals surface area contributed by atoms with E-state index in [1.807, 2.05) is 0 Å². The van der Waals surface area contributed by atoms with Crippen LogP contribution in [0.25, 0.3) is 0 Å². The molecule has 0 aromatic heterocycles. The lowest BCUT2D eigenvalue weighted by Gasteiger charge is -2.28. The Hall–Kier alpha value is -2.29. The van der Waals surface area contributed by atoms with Gasteiger partial charge in [0.2, 0.25) is 11.8 Å². The number of non-ortho nitro benzene ring substituents is 1. The highest BCUT2D eigenvalue weighted by molar-refractivity contribution is 7.99. The van der Waals surface area contributed by atoms with Crippen LogP contribution >= 0.6 is 35.0 Å². The van der Waals surface area contributed by atoms with E-state index < -0.39 is 11.0 Å². The summed E-state index contributed by atoms with van der Waals surface area (Å²) in [6.07, 6.45) is 0. The Kier molecular flexibility index (Phi) is 8.95. The summed E-state index contributed by atoms with van der Waals surface area (Å²) in [5.74, 6) is 0.148. The molecule has 10 heteroatoms.